The maximum Gasteiger partial charge on any atom is 0.314 e. The van der Waals surface area contributed by atoms with Gasteiger partial charge in [0.2, 0.25) is 0 Å². The molecular weight excluding hydrogens is 288 g/mol. The molecule has 0 heterocycles. The van der Waals surface area contributed by atoms with Crippen molar-refractivity contribution in [1.82, 2.24) is 0 Å². The fourth-order valence-electron chi connectivity index (χ4n) is 1.73. The van der Waals surface area contributed by atoms with E-state index in [1.807, 2.05) is 19.1 Å². The topological polar surface area (TPSA) is 58.2 Å². The zero-order chi connectivity index (χ0) is 15.2. The van der Waals surface area contributed by atoms with Crippen molar-refractivity contribution in [2.24, 2.45) is 0 Å². The summed E-state index contributed by atoms with van der Waals surface area (Å²) in [5, 5.41) is 5.61. The quantitative estimate of drug-likeness (QED) is 0.853. The largest absolute Gasteiger partial charge is 0.318 e. The summed E-state index contributed by atoms with van der Waals surface area (Å²) in [5.74, 6) is -1.44. The predicted molar refractivity (Wildman–Crippen MR) is 84.5 cm³/mol. The smallest absolute Gasteiger partial charge is 0.314 e. The number of halogens is 1. The lowest BCUT2D eigenvalue weighted by atomic mass is 10.1. The average Bonchev–Trinajstić information content (AvgIpc) is 2.50. The highest BCUT2D eigenvalue weighted by Crippen LogP contribution is 2.14. The van der Waals surface area contributed by atoms with Gasteiger partial charge in [0.1, 0.15) is 0 Å². The monoisotopic (exact) mass is 302 g/mol. The number of anilines is 2. The molecule has 0 bridgehead atoms. The summed E-state index contributed by atoms with van der Waals surface area (Å²) in [6.07, 6.45) is 0.922. The van der Waals surface area contributed by atoms with Gasteiger partial charge in [-0.3, -0.25) is 9.59 Å². The second-order valence-electron chi connectivity index (χ2n) is 4.47. The van der Waals surface area contributed by atoms with Gasteiger partial charge >= 0.3 is 11.8 Å². The summed E-state index contributed by atoms with van der Waals surface area (Å²) in [5.41, 5.74) is 2.27. The summed E-state index contributed by atoms with van der Waals surface area (Å²) in [6.45, 7) is 2.05. The molecule has 2 N–H and O–H groups in total. The highest BCUT2D eigenvalue weighted by molar-refractivity contribution is 6.43. The Labute approximate surface area is 128 Å². The van der Waals surface area contributed by atoms with E-state index in [0.717, 1.165) is 6.42 Å². The van der Waals surface area contributed by atoms with Crippen LogP contribution >= 0.6 is 11.6 Å². The average molecular weight is 303 g/mol. The van der Waals surface area contributed by atoms with Crippen molar-refractivity contribution >= 4 is 34.8 Å². The number of amides is 2. The van der Waals surface area contributed by atoms with E-state index < -0.39 is 11.8 Å². The Morgan fingerprint density at radius 1 is 0.857 bits per heavy atom. The first kappa shape index (κ1) is 15.1. The maximum atomic E-state index is 11.8. The van der Waals surface area contributed by atoms with Crippen LogP contribution in [0.2, 0.25) is 5.02 Å². The van der Waals surface area contributed by atoms with Gasteiger partial charge in [0.15, 0.2) is 0 Å². The van der Waals surface area contributed by atoms with Crippen molar-refractivity contribution in [2.45, 2.75) is 13.3 Å². The Kier molecular flexibility index (Phi) is 4.95. The molecule has 0 aromatic heterocycles. The van der Waals surface area contributed by atoms with E-state index in [1.54, 1.807) is 36.4 Å². The first-order chi connectivity index (χ1) is 10.1. The second kappa shape index (κ2) is 6.90. The van der Waals surface area contributed by atoms with Gasteiger partial charge < -0.3 is 10.6 Å². The molecule has 0 saturated carbocycles. The standard InChI is InChI=1S/C16H15ClN2O2/c1-2-11-3-7-13(8-4-11)18-15(20)16(21)19-14-9-5-12(17)6-10-14/h3-10H,2H2,1H3,(H,18,20)(H,19,21). The van der Waals surface area contributed by atoms with Gasteiger partial charge in [-0.1, -0.05) is 30.7 Å². The first-order valence-electron chi connectivity index (χ1n) is 6.55. The molecular formula is C16H15ClN2O2. The van der Waals surface area contributed by atoms with Crippen LogP contribution in [0.25, 0.3) is 0 Å². The van der Waals surface area contributed by atoms with Crippen LogP contribution in [0, 0.1) is 0 Å². The summed E-state index contributed by atoms with van der Waals surface area (Å²) in [4.78, 5) is 23.6. The zero-order valence-electron chi connectivity index (χ0n) is 11.5. The van der Waals surface area contributed by atoms with Crippen molar-refractivity contribution in [3.8, 4) is 0 Å². The molecule has 2 rings (SSSR count). The highest BCUT2D eigenvalue weighted by atomic mass is 35.5. The molecule has 0 spiro atoms. The van der Waals surface area contributed by atoms with Crippen LogP contribution < -0.4 is 10.6 Å². The Morgan fingerprint density at radius 3 is 1.71 bits per heavy atom. The van der Waals surface area contributed by atoms with Crippen LogP contribution in [0.3, 0.4) is 0 Å². The molecule has 0 aliphatic rings. The van der Waals surface area contributed by atoms with Crippen LogP contribution in [-0.2, 0) is 16.0 Å². The molecule has 2 amide bonds. The number of carbonyl (C=O) groups is 2. The molecule has 0 aliphatic heterocycles. The molecule has 2 aromatic carbocycles. The molecule has 2 aromatic rings. The fourth-order valence-corrected chi connectivity index (χ4v) is 1.86. The maximum absolute atomic E-state index is 11.8. The Hall–Kier alpha value is -2.33. The van der Waals surface area contributed by atoms with Gasteiger partial charge in [0, 0.05) is 16.4 Å². The SMILES string of the molecule is CCc1ccc(NC(=O)C(=O)Nc2ccc(Cl)cc2)cc1. The van der Waals surface area contributed by atoms with Crippen LogP contribution in [0.1, 0.15) is 12.5 Å². The molecule has 0 saturated heterocycles. The number of benzene rings is 2. The summed E-state index contributed by atoms with van der Waals surface area (Å²) >= 11 is 5.75. The number of carbonyl (C=O) groups excluding carboxylic acids is 2. The van der Waals surface area contributed by atoms with Crippen molar-refractivity contribution in [3.05, 3.63) is 59.1 Å². The zero-order valence-corrected chi connectivity index (χ0v) is 12.3. The lowest BCUT2D eigenvalue weighted by molar-refractivity contribution is -0.132. The van der Waals surface area contributed by atoms with E-state index in [4.69, 9.17) is 11.6 Å². The fraction of sp³-hybridized carbons (Fsp3) is 0.125. The first-order valence-corrected chi connectivity index (χ1v) is 6.93. The van der Waals surface area contributed by atoms with E-state index in [2.05, 4.69) is 10.6 Å². The minimum atomic E-state index is -0.725. The molecule has 0 fully saturated rings. The number of aryl methyl sites for hydroxylation is 1. The molecule has 4 nitrogen and oxygen atoms in total. The number of rotatable bonds is 3. The van der Waals surface area contributed by atoms with Gasteiger partial charge in [-0.2, -0.15) is 0 Å². The molecule has 5 heteroatoms. The van der Waals surface area contributed by atoms with Crippen molar-refractivity contribution < 1.29 is 9.59 Å². The van der Waals surface area contributed by atoms with E-state index in [1.165, 1.54) is 5.56 Å². The normalized spacial score (nSPS) is 10.0. The molecule has 0 unspecified atom stereocenters. The summed E-state index contributed by atoms with van der Waals surface area (Å²) < 4.78 is 0. The Morgan fingerprint density at radius 2 is 1.29 bits per heavy atom. The predicted octanol–water partition coefficient (Wildman–Crippen LogP) is 3.48. The molecule has 21 heavy (non-hydrogen) atoms. The Bertz CT molecular complexity index is 636. The summed E-state index contributed by atoms with van der Waals surface area (Å²) in [7, 11) is 0. The van der Waals surface area contributed by atoms with Gasteiger partial charge in [0.05, 0.1) is 0 Å². The molecule has 0 atom stereocenters. The molecule has 0 aliphatic carbocycles. The van der Waals surface area contributed by atoms with Crippen LogP contribution in [0.4, 0.5) is 11.4 Å². The van der Waals surface area contributed by atoms with Crippen molar-refractivity contribution in [1.29, 1.82) is 0 Å². The molecule has 0 radical (unpaired) electrons. The number of hydrogen-bond donors (Lipinski definition) is 2. The Balaban J connectivity index is 1.95. The lowest BCUT2D eigenvalue weighted by Crippen LogP contribution is -2.29. The lowest BCUT2D eigenvalue weighted by Gasteiger charge is -2.07. The summed E-state index contributed by atoms with van der Waals surface area (Å²) in [6, 6.07) is 13.9. The third kappa shape index (κ3) is 4.33. The van der Waals surface area contributed by atoms with E-state index in [9.17, 15) is 9.59 Å². The van der Waals surface area contributed by atoms with Crippen LogP contribution in [-0.4, -0.2) is 11.8 Å². The van der Waals surface area contributed by atoms with Crippen LogP contribution in [0.15, 0.2) is 48.5 Å². The number of nitrogens with one attached hydrogen (secondary N) is 2. The third-order valence-electron chi connectivity index (χ3n) is 2.93. The molecule has 108 valence electrons. The van der Waals surface area contributed by atoms with Crippen molar-refractivity contribution in [3.63, 3.8) is 0 Å². The second-order valence-corrected chi connectivity index (χ2v) is 4.90. The van der Waals surface area contributed by atoms with E-state index in [0.29, 0.717) is 16.4 Å². The van der Waals surface area contributed by atoms with Crippen molar-refractivity contribution in [2.75, 3.05) is 10.6 Å². The van der Waals surface area contributed by atoms with Gasteiger partial charge in [-0.15, -0.1) is 0 Å². The van der Waals surface area contributed by atoms with E-state index >= 15 is 0 Å². The van der Waals surface area contributed by atoms with Gasteiger partial charge in [-0.05, 0) is 48.4 Å². The minimum Gasteiger partial charge on any atom is -0.318 e. The van der Waals surface area contributed by atoms with Crippen LogP contribution in [0.5, 0.6) is 0 Å². The number of hydrogen-bond acceptors (Lipinski definition) is 2. The highest BCUT2D eigenvalue weighted by Gasteiger charge is 2.13. The third-order valence-corrected chi connectivity index (χ3v) is 3.18. The van der Waals surface area contributed by atoms with E-state index in [-0.39, 0.29) is 0 Å². The van der Waals surface area contributed by atoms with Gasteiger partial charge in [0.25, 0.3) is 0 Å². The van der Waals surface area contributed by atoms with Gasteiger partial charge in [-0.25, -0.2) is 0 Å². The minimum absolute atomic E-state index is 0.515.